The molecular weight excluding hydrogens is 1020 g/mol. The van der Waals surface area contributed by atoms with Gasteiger partial charge in [-0.1, -0.05) is 218 Å². The zero-order chi connectivity index (χ0) is 58.6. The van der Waals surface area contributed by atoms with E-state index in [0.29, 0.717) is 0 Å². The highest BCUT2D eigenvalue weighted by atomic mass is 16.3. The molecule has 0 saturated carbocycles. The Hall–Kier alpha value is -8.02. The number of para-hydroxylation sites is 1. The number of benzene rings is 7. The molecule has 84 heavy (non-hydrogen) atoms. The molecule has 0 saturated heterocycles. The van der Waals surface area contributed by atoms with Crippen molar-refractivity contribution in [2.45, 2.75) is 131 Å². The molecule has 6 aliphatic rings. The molecule has 14 rings (SSSR count). The third-order valence-corrected chi connectivity index (χ3v) is 19.4. The Bertz CT molecular complexity index is 4200. The number of furan rings is 1. The number of anilines is 7. The van der Waals surface area contributed by atoms with Crippen LogP contribution in [0.25, 0.3) is 33.4 Å². The van der Waals surface area contributed by atoms with Crippen molar-refractivity contribution >= 4 is 73.9 Å². The third kappa shape index (κ3) is 8.77. The number of rotatable bonds is 6. The number of hydrogen-bond acceptors (Lipinski definition) is 4. The molecule has 7 aromatic carbocycles. The maximum Gasteiger partial charge on any atom is 0.252 e. The molecule has 8 aromatic rings. The first-order chi connectivity index (χ1) is 39.9. The summed E-state index contributed by atoms with van der Waals surface area (Å²) < 4.78 is 6.49. The highest BCUT2D eigenvalue weighted by Crippen LogP contribution is 2.54. The SMILES string of the molecule is CC(C)(C)C1=CC=C(N2c3ccc(C(C)(C)C)cc3B3c4cc(C(C)(C)C)ccc4N(c4ccc(C(C)(C)C)cc4)c4cc(N(C5=CC=CC6C=CC=CC56)c5ccc6c(c5)C(C)(C)c5cc(-c7cc8ccccc8o7)ccc5-6)cc2c43)CC1. The van der Waals surface area contributed by atoms with Crippen molar-refractivity contribution in [2.75, 3.05) is 14.7 Å². The van der Waals surface area contributed by atoms with Crippen molar-refractivity contribution in [3.8, 4) is 22.5 Å². The molecule has 0 bridgehead atoms. The van der Waals surface area contributed by atoms with Crippen molar-refractivity contribution in [3.63, 3.8) is 0 Å². The molecule has 4 nitrogen and oxygen atoms in total. The lowest BCUT2D eigenvalue weighted by atomic mass is 9.33. The molecule has 2 aliphatic heterocycles. The minimum Gasteiger partial charge on any atom is -0.456 e. The molecule has 0 amide bonds. The van der Waals surface area contributed by atoms with Crippen LogP contribution in [0.4, 0.5) is 39.8 Å². The van der Waals surface area contributed by atoms with Crippen LogP contribution in [0.2, 0.25) is 0 Å². The number of hydrogen-bond donors (Lipinski definition) is 0. The van der Waals surface area contributed by atoms with Crippen LogP contribution >= 0.6 is 0 Å². The standard InChI is InChI=1S/C79H80BN3O/c1-75(2,3)52-27-33-56(34-28-52)82-68-40-31-54(77(7,8)9)44-65(68)80-66-45-55(78(10,11)12)32-41-69(66)83(57-35-29-53(30-36-57)76(4,5)6)71-48-59(47-70(82)74(71)80)81(67-24-19-22-49-20-15-17-23-60(49)67)58-37-39-62-61-38-26-51(42-63(61)79(13,14)64(62)46-58)73-43-50-21-16-18-25-72(50)84-73/h15-29,31-35,37-49,60H,30,36H2,1-14H3. The zero-order valence-electron chi connectivity index (χ0n) is 51.9. The second-order valence-corrected chi connectivity index (χ2v) is 29.4. The number of allylic oxidation sites excluding steroid dienone is 11. The van der Waals surface area contributed by atoms with E-state index >= 15 is 0 Å². The molecule has 1 aromatic heterocycles. The fourth-order valence-corrected chi connectivity index (χ4v) is 14.5. The Labute approximate surface area is 500 Å². The summed E-state index contributed by atoms with van der Waals surface area (Å²) in [6.45, 7) is 33.0. The Kier molecular flexibility index (Phi) is 12.2. The summed E-state index contributed by atoms with van der Waals surface area (Å²) >= 11 is 0. The first kappa shape index (κ1) is 54.0. The molecule has 420 valence electrons. The van der Waals surface area contributed by atoms with E-state index in [0.717, 1.165) is 52.2 Å². The molecule has 0 fully saturated rings. The van der Waals surface area contributed by atoms with Crippen LogP contribution < -0.4 is 31.1 Å². The highest BCUT2D eigenvalue weighted by molar-refractivity contribution is 7.00. The van der Waals surface area contributed by atoms with Gasteiger partial charge in [0.15, 0.2) is 0 Å². The van der Waals surface area contributed by atoms with E-state index in [4.69, 9.17) is 4.42 Å². The van der Waals surface area contributed by atoms with Gasteiger partial charge in [0.1, 0.15) is 11.3 Å². The Balaban J connectivity index is 1.04. The summed E-state index contributed by atoms with van der Waals surface area (Å²) in [4.78, 5) is 7.95. The van der Waals surface area contributed by atoms with Crippen LogP contribution in [-0.2, 0) is 21.7 Å². The van der Waals surface area contributed by atoms with Crippen LogP contribution in [0.3, 0.4) is 0 Å². The molecule has 5 heteroatoms. The second-order valence-electron chi connectivity index (χ2n) is 29.4. The lowest BCUT2D eigenvalue weighted by Gasteiger charge is -2.47. The molecule has 0 radical (unpaired) electrons. The maximum absolute atomic E-state index is 6.49. The molecule has 2 unspecified atom stereocenters. The minimum absolute atomic E-state index is 0.0000281. The second kappa shape index (κ2) is 19.0. The van der Waals surface area contributed by atoms with Gasteiger partial charge in [-0.05, 0) is 169 Å². The smallest absolute Gasteiger partial charge is 0.252 e. The van der Waals surface area contributed by atoms with E-state index in [2.05, 4.69) is 300 Å². The van der Waals surface area contributed by atoms with E-state index in [9.17, 15) is 0 Å². The van der Waals surface area contributed by atoms with E-state index in [1.54, 1.807) is 0 Å². The first-order valence-corrected chi connectivity index (χ1v) is 30.8. The van der Waals surface area contributed by atoms with E-state index in [1.165, 1.54) is 95.0 Å². The van der Waals surface area contributed by atoms with Gasteiger partial charge < -0.3 is 19.1 Å². The van der Waals surface area contributed by atoms with E-state index in [1.807, 2.05) is 6.07 Å². The normalized spacial score (nSPS) is 18.4. The van der Waals surface area contributed by atoms with Gasteiger partial charge in [-0.15, -0.1) is 0 Å². The van der Waals surface area contributed by atoms with Gasteiger partial charge in [0.25, 0.3) is 6.71 Å². The van der Waals surface area contributed by atoms with Crippen LogP contribution in [0, 0.1) is 17.3 Å². The average Bonchev–Trinajstić information content (AvgIpc) is 1.26. The largest absolute Gasteiger partial charge is 0.456 e. The van der Waals surface area contributed by atoms with Gasteiger partial charge in [0.2, 0.25) is 0 Å². The van der Waals surface area contributed by atoms with Crippen LogP contribution in [-0.4, -0.2) is 6.71 Å². The van der Waals surface area contributed by atoms with Crippen molar-refractivity contribution in [1.29, 1.82) is 0 Å². The minimum atomic E-state index is -0.300. The van der Waals surface area contributed by atoms with Gasteiger partial charge in [-0.25, -0.2) is 0 Å². The molecule has 0 spiro atoms. The van der Waals surface area contributed by atoms with Crippen molar-refractivity contribution in [3.05, 3.63) is 239 Å². The fourth-order valence-electron chi connectivity index (χ4n) is 14.5. The van der Waals surface area contributed by atoms with Gasteiger partial charge in [0, 0.05) is 79.4 Å². The Morgan fingerprint density at radius 1 is 0.512 bits per heavy atom. The average molecular weight is 1100 g/mol. The first-order valence-electron chi connectivity index (χ1n) is 30.8. The number of nitrogens with zero attached hydrogens (tertiary/aromatic N) is 3. The topological polar surface area (TPSA) is 22.9 Å². The summed E-state index contributed by atoms with van der Waals surface area (Å²) in [5.74, 6) is 1.25. The molecule has 4 aliphatic carbocycles. The summed E-state index contributed by atoms with van der Waals surface area (Å²) in [5.41, 5.74) is 27.5. The Morgan fingerprint density at radius 2 is 1.12 bits per heavy atom. The lowest BCUT2D eigenvalue weighted by Crippen LogP contribution is -2.62. The van der Waals surface area contributed by atoms with Crippen molar-refractivity contribution in [2.24, 2.45) is 17.3 Å². The zero-order valence-corrected chi connectivity index (χ0v) is 51.9. The van der Waals surface area contributed by atoms with E-state index in [-0.39, 0.29) is 45.6 Å². The summed E-state index contributed by atoms with van der Waals surface area (Å²) in [6.07, 6.45) is 23.2. The van der Waals surface area contributed by atoms with Crippen LogP contribution in [0.1, 0.15) is 138 Å². The monoisotopic (exact) mass is 1100 g/mol. The summed E-state index contributed by atoms with van der Waals surface area (Å²) in [5, 5.41) is 1.12. The highest BCUT2D eigenvalue weighted by Gasteiger charge is 2.46. The van der Waals surface area contributed by atoms with Crippen LogP contribution in [0.5, 0.6) is 0 Å². The van der Waals surface area contributed by atoms with Gasteiger partial charge in [-0.3, -0.25) is 0 Å². The predicted molar refractivity (Wildman–Crippen MR) is 359 cm³/mol. The molecular formula is C79H80BN3O. The molecule has 3 heterocycles. The van der Waals surface area contributed by atoms with Crippen molar-refractivity contribution < 1.29 is 4.42 Å². The Morgan fingerprint density at radius 3 is 1.76 bits per heavy atom. The predicted octanol–water partition coefficient (Wildman–Crippen LogP) is 19.6. The number of fused-ring (bicyclic) bond motifs is 9. The maximum atomic E-state index is 6.49. The molecule has 2 atom stereocenters. The van der Waals surface area contributed by atoms with Gasteiger partial charge in [0.05, 0.1) is 0 Å². The molecule has 0 N–H and O–H groups in total. The van der Waals surface area contributed by atoms with Gasteiger partial charge >= 0.3 is 0 Å². The summed E-state index contributed by atoms with van der Waals surface area (Å²) in [7, 11) is 0. The van der Waals surface area contributed by atoms with E-state index < -0.39 is 0 Å². The lowest BCUT2D eigenvalue weighted by molar-refractivity contribution is 0.479. The van der Waals surface area contributed by atoms with Gasteiger partial charge in [-0.2, -0.15) is 0 Å². The fraction of sp³-hybridized carbons (Fsp3) is 0.291. The quantitative estimate of drug-likeness (QED) is 0.155. The summed E-state index contributed by atoms with van der Waals surface area (Å²) in [6, 6.07) is 54.3. The van der Waals surface area contributed by atoms with Crippen LogP contribution in [0.15, 0.2) is 216 Å². The van der Waals surface area contributed by atoms with Crippen molar-refractivity contribution in [1.82, 2.24) is 0 Å². The third-order valence-electron chi connectivity index (χ3n) is 19.4.